The van der Waals surface area contributed by atoms with E-state index in [0.29, 0.717) is 18.7 Å². The van der Waals surface area contributed by atoms with E-state index in [0.717, 1.165) is 0 Å². The Hall–Kier alpha value is -0.840. The van der Waals surface area contributed by atoms with Crippen molar-refractivity contribution in [3.8, 4) is 6.07 Å². The number of nitrogens with one attached hydrogen (secondary N) is 1. The number of nitriles is 1. The number of hydrogen-bond acceptors (Lipinski definition) is 4. The zero-order valence-electron chi connectivity index (χ0n) is 11.7. The molecule has 1 heterocycles. The molecule has 1 aliphatic rings. The molecule has 0 bridgehead atoms. The normalized spacial score (nSPS) is 23.1. The summed E-state index contributed by atoms with van der Waals surface area (Å²) in [7, 11) is -3.65. The first-order valence-electron chi connectivity index (χ1n) is 6.33. The van der Waals surface area contributed by atoms with Crippen molar-refractivity contribution in [2.45, 2.75) is 30.8 Å². The van der Waals surface area contributed by atoms with Gasteiger partial charge in [-0.2, -0.15) is 9.57 Å². The molecule has 2 unspecified atom stereocenters. The van der Waals surface area contributed by atoms with Crippen LogP contribution in [0.4, 0.5) is 0 Å². The predicted molar refractivity (Wildman–Crippen MR) is 84.2 cm³/mol. The quantitative estimate of drug-likeness (QED) is 0.886. The lowest BCUT2D eigenvalue weighted by atomic mass is 10.1. The Morgan fingerprint density at radius 3 is 2.67 bits per heavy atom. The average Bonchev–Trinajstić information content (AvgIpc) is 2.41. The number of piperazine rings is 1. The van der Waals surface area contributed by atoms with Crippen LogP contribution in [-0.2, 0) is 10.0 Å². The Morgan fingerprint density at radius 1 is 1.43 bits per heavy atom. The molecule has 1 N–H and O–H groups in total. The molecule has 116 valence electrons. The summed E-state index contributed by atoms with van der Waals surface area (Å²) >= 11 is 6.02. The van der Waals surface area contributed by atoms with Crippen LogP contribution in [0.25, 0.3) is 0 Å². The maximum absolute atomic E-state index is 12.7. The molecule has 21 heavy (non-hydrogen) atoms. The lowest BCUT2D eigenvalue weighted by Gasteiger charge is -2.37. The third-order valence-corrected chi connectivity index (χ3v) is 6.09. The standard InChI is InChI=1S/C13H16ClN3O2S.ClH/c1-9-10(2)17(6-5-16-9)20(18,19)13-4-3-11(8-15)7-12(13)14;/h3-4,7,9-10,16H,5-6H2,1-2H3;1H. The van der Waals surface area contributed by atoms with Crippen LogP contribution in [0.2, 0.25) is 5.02 Å². The molecule has 1 aromatic carbocycles. The first kappa shape index (κ1) is 18.2. The van der Waals surface area contributed by atoms with E-state index in [1.165, 1.54) is 22.5 Å². The van der Waals surface area contributed by atoms with E-state index in [-0.39, 0.29) is 34.4 Å². The molecule has 0 aliphatic carbocycles. The van der Waals surface area contributed by atoms with Crippen molar-refractivity contribution in [1.82, 2.24) is 9.62 Å². The van der Waals surface area contributed by atoms with Gasteiger partial charge in [0, 0.05) is 25.2 Å². The van der Waals surface area contributed by atoms with Gasteiger partial charge in [0.05, 0.1) is 16.7 Å². The summed E-state index contributed by atoms with van der Waals surface area (Å²) in [5, 5.41) is 12.1. The minimum absolute atomic E-state index is 0. The molecule has 0 spiro atoms. The molecule has 1 saturated heterocycles. The number of halogens is 2. The smallest absolute Gasteiger partial charge is 0.244 e. The Labute approximate surface area is 136 Å². The van der Waals surface area contributed by atoms with E-state index in [4.69, 9.17) is 16.9 Å². The molecule has 1 aliphatic heterocycles. The molecule has 2 atom stereocenters. The van der Waals surface area contributed by atoms with E-state index in [1.807, 2.05) is 19.9 Å². The summed E-state index contributed by atoms with van der Waals surface area (Å²) in [6, 6.07) is 6.11. The van der Waals surface area contributed by atoms with Crippen molar-refractivity contribution in [3.63, 3.8) is 0 Å². The Kier molecular flexibility index (Phi) is 6.02. The predicted octanol–water partition coefficient (Wildman–Crippen LogP) is 2.00. The van der Waals surface area contributed by atoms with Gasteiger partial charge in [-0.15, -0.1) is 12.4 Å². The molecule has 0 amide bonds. The highest BCUT2D eigenvalue weighted by Gasteiger charge is 2.35. The Morgan fingerprint density at radius 2 is 2.10 bits per heavy atom. The van der Waals surface area contributed by atoms with Gasteiger partial charge < -0.3 is 5.32 Å². The van der Waals surface area contributed by atoms with E-state index in [9.17, 15) is 8.42 Å². The van der Waals surface area contributed by atoms with Crippen molar-refractivity contribution in [1.29, 1.82) is 5.26 Å². The van der Waals surface area contributed by atoms with Crippen molar-refractivity contribution in [3.05, 3.63) is 28.8 Å². The topological polar surface area (TPSA) is 73.2 Å². The van der Waals surface area contributed by atoms with Crippen LogP contribution in [0.1, 0.15) is 19.4 Å². The lowest BCUT2D eigenvalue weighted by Crippen LogP contribution is -2.57. The summed E-state index contributed by atoms with van der Waals surface area (Å²) in [4.78, 5) is 0.0547. The fourth-order valence-electron chi connectivity index (χ4n) is 2.27. The summed E-state index contributed by atoms with van der Waals surface area (Å²) in [6.45, 7) is 4.83. The monoisotopic (exact) mass is 349 g/mol. The second kappa shape index (κ2) is 6.95. The third kappa shape index (κ3) is 3.50. The second-order valence-corrected chi connectivity index (χ2v) is 7.12. The van der Waals surface area contributed by atoms with Crippen molar-refractivity contribution < 1.29 is 8.42 Å². The molecule has 8 heteroatoms. The summed E-state index contributed by atoms with van der Waals surface area (Å²) in [5.74, 6) is 0. The third-order valence-electron chi connectivity index (χ3n) is 3.62. The number of benzene rings is 1. The van der Waals surface area contributed by atoms with Gasteiger partial charge in [0.25, 0.3) is 0 Å². The zero-order valence-corrected chi connectivity index (χ0v) is 14.1. The molecular formula is C13H17Cl2N3O2S. The van der Waals surface area contributed by atoms with Gasteiger partial charge in [0.1, 0.15) is 4.90 Å². The molecule has 2 rings (SSSR count). The summed E-state index contributed by atoms with van der Waals surface area (Å²) in [6.07, 6.45) is 0. The Balaban J connectivity index is 0.00000220. The highest BCUT2D eigenvalue weighted by molar-refractivity contribution is 7.89. The van der Waals surface area contributed by atoms with Crippen LogP contribution >= 0.6 is 24.0 Å². The maximum atomic E-state index is 12.7. The fraction of sp³-hybridized carbons (Fsp3) is 0.462. The molecule has 5 nitrogen and oxygen atoms in total. The van der Waals surface area contributed by atoms with E-state index in [1.54, 1.807) is 0 Å². The first-order valence-corrected chi connectivity index (χ1v) is 8.14. The van der Waals surface area contributed by atoms with Crippen molar-refractivity contribution in [2.75, 3.05) is 13.1 Å². The van der Waals surface area contributed by atoms with Gasteiger partial charge in [0.2, 0.25) is 10.0 Å². The largest absolute Gasteiger partial charge is 0.311 e. The highest BCUT2D eigenvalue weighted by atomic mass is 35.5. The average molecular weight is 350 g/mol. The minimum atomic E-state index is -3.65. The molecule has 0 aromatic heterocycles. The highest BCUT2D eigenvalue weighted by Crippen LogP contribution is 2.28. The van der Waals surface area contributed by atoms with Crippen LogP contribution < -0.4 is 5.32 Å². The van der Waals surface area contributed by atoms with Gasteiger partial charge in [0.15, 0.2) is 0 Å². The molecule has 1 aromatic rings. The van der Waals surface area contributed by atoms with Crippen molar-refractivity contribution >= 4 is 34.0 Å². The lowest BCUT2D eigenvalue weighted by molar-refractivity contribution is 0.233. The van der Waals surface area contributed by atoms with Gasteiger partial charge >= 0.3 is 0 Å². The first-order chi connectivity index (χ1) is 9.37. The van der Waals surface area contributed by atoms with Crippen LogP contribution in [0.3, 0.4) is 0 Å². The zero-order chi connectivity index (χ0) is 14.9. The van der Waals surface area contributed by atoms with Gasteiger partial charge in [-0.1, -0.05) is 11.6 Å². The van der Waals surface area contributed by atoms with Crippen LogP contribution in [-0.4, -0.2) is 37.9 Å². The van der Waals surface area contributed by atoms with Crippen LogP contribution in [0.5, 0.6) is 0 Å². The molecular weight excluding hydrogens is 333 g/mol. The van der Waals surface area contributed by atoms with E-state index in [2.05, 4.69) is 5.32 Å². The maximum Gasteiger partial charge on any atom is 0.244 e. The van der Waals surface area contributed by atoms with Gasteiger partial charge in [-0.05, 0) is 32.0 Å². The van der Waals surface area contributed by atoms with E-state index >= 15 is 0 Å². The van der Waals surface area contributed by atoms with E-state index < -0.39 is 10.0 Å². The minimum Gasteiger partial charge on any atom is -0.311 e. The SMILES string of the molecule is CC1NCCN(S(=O)(=O)c2ccc(C#N)cc2Cl)C1C.Cl. The molecule has 0 saturated carbocycles. The number of hydrogen-bond donors (Lipinski definition) is 1. The van der Waals surface area contributed by atoms with Gasteiger partial charge in [-0.3, -0.25) is 0 Å². The second-order valence-electron chi connectivity index (χ2n) is 4.86. The number of sulfonamides is 1. The molecule has 1 fully saturated rings. The fourth-order valence-corrected chi connectivity index (χ4v) is 4.49. The Bertz CT molecular complexity index is 658. The molecule has 0 radical (unpaired) electrons. The van der Waals surface area contributed by atoms with Crippen LogP contribution in [0, 0.1) is 11.3 Å². The summed E-state index contributed by atoms with van der Waals surface area (Å²) in [5.41, 5.74) is 0.343. The van der Waals surface area contributed by atoms with Gasteiger partial charge in [-0.25, -0.2) is 8.42 Å². The number of nitrogens with zero attached hydrogens (tertiary/aromatic N) is 2. The number of rotatable bonds is 2. The van der Waals surface area contributed by atoms with Crippen LogP contribution in [0.15, 0.2) is 23.1 Å². The summed E-state index contributed by atoms with van der Waals surface area (Å²) < 4.78 is 26.8. The van der Waals surface area contributed by atoms with Crippen molar-refractivity contribution in [2.24, 2.45) is 0 Å².